The summed E-state index contributed by atoms with van der Waals surface area (Å²) in [6.45, 7) is 7.17. The van der Waals surface area contributed by atoms with E-state index in [2.05, 4.69) is 13.8 Å². The average Bonchev–Trinajstić information content (AvgIpc) is 2.03. The molecule has 1 radical (unpaired) electrons. The molecule has 1 aliphatic rings. The van der Waals surface area contributed by atoms with E-state index in [1.54, 1.807) is 0 Å². The van der Waals surface area contributed by atoms with Crippen molar-refractivity contribution in [3.8, 4) is 0 Å². The van der Waals surface area contributed by atoms with Crippen molar-refractivity contribution in [3.63, 3.8) is 0 Å². The lowest BCUT2D eigenvalue weighted by atomic mass is 9.86. The number of ether oxygens (including phenoxy) is 1. The highest BCUT2D eigenvalue weighted by Gasteiger charge is 2.26. The fraction of sp³-hybridized carbons (Fsp3) is 0.900. The van der Waals surface area contributed by atoms with E-state index < -0.39 is 0 Å². The third-order valence-electron chi connectivity index (χ3n) is 2.38. The van der Waals surface area contributed by atoms with Crippen LogP contribution in [-0.4, -0.2) is 12.2 Å². The van der Waals surface area contributed by atoms with Gasteiger partial charge in [-0.2, -0.15) is 0 Å². The van der Waals surface area contributed by atoms with Gasteiger partial charge in [0.05, 0.1) is 5.60 Å². The molecule has 0 saturated heterocycles. The fourth-order valence-corrected chi connectivity index (χ4v) is 1.66. The van der Waals surface area contributed by atoms with Crippen LogP contribution >= 0.6 is 0 Å². The third kappa shape index (κ3) is 2.82. The van der Waals surface area contributed by atoms with E-state index in [1.807, 2.05) is 0 Å². The molecule has 1 rings (SSSR count). The van der Waals surface area contributed by atoms with Gasteiger partial charge in [-0.25, -0.2) is 0 Å². The fourth-order valence-electron chi connectivity index (χ4n) is 1.66. The molecular weight excluding hydrogens is 136 g/mol. The second-order valence-corrected chi connectivity index (χ2v) is 3.59. The Kier molecular flexibility index (Phi) is 3.38. The highest BCUT2D eigenvalue weighted by Crippen LogP contribution is 2.30. The summed E-state index contributed by atoms with van der Waals surface area (Å²) in [5, 5.41) is 0. The molecule has 0 bridgehead atoms. The van der Waals surface area contributed by atoms with Crippen LogP contribution in [0, 0.1) is 6.92 Å². The molecule has 11 heavy (non-hydrogen) atoms. The van der Waals surface area contributed by atoms with Gasteiger partial charge >= 0.3 is 0 Å². The summed E-state index contributed by atoms with van der Waals surface area (Å²) in [6.07, 6.45) is 7.39. The van der Waals surface area contributed by atoms with Crippen LogP contribution < -0.4 is 0 Å². The lowest BCUT2D eigenvalue weighted by Gasteiger charge is -2.33. The lowest BCUT2D eigenvalue weighted by Crippen LogP contribution is -2.31. The molecule has 0 atom stereocenters. The molecule has 1 saturated carbocycles. The molecule has 0 N–H and O–H groups in total. The van der Waals surface area contributed by atoms with E-state index in [-0.39, 0.29) is 5.60 Å². The van der Waals surface area contributed by atoms with Crippen LogP contribution in [0.3, 0.4) is 0 Å². The molecule has 1 aliphatic carbocycles. The van der Waals surface area contributed by atoms with Crippen LogP contribution in [0.1, 0.15) is 45.4 Å². The Bertz CT molecular complexity index is 103. The largest absolute Gasteiger partial charge is 0.375 e. The summed E-state index contributed by atoms with van der Waals surface area (Å²) in [5.74, 6) is 0. The van der Waals surface area contributed by atoms with Crippen molar-refractivity contribution in [1.29, 1.82) is 0 Å². The minimum Gasteiger partial charge on any atom is -0.375 e. The van der Waals surface area contributed by atoms with Crippen molar-refractivity contribution >= 4 is 0 Å². The van der Waals surface area contributed by atoms with Crippen molar-refractivity contribution in [2.24, 2.45) is 0 Å². The summed E-state index contributed by atoms with van der Waals surface area (Å²) in [4.78, 5) is 0. The van der Waals surface area contributed by atoms with Gasteiger partial charge in [-0.1, -0.05) is 26.2 Å². The highest BCUT2D eigenvalue weighted by molar-refractivity contribution is 4.86. The van der Waals surface area contributed by atoms with Gasteiger partial charge in [0, 0.05) is 6.61 Å². The molecule has 65 valence electrons. The number of hydrogen-bond acceptors (Lipinski definition) is 1. The molecule has 0 aromatic heterocycles. The van der Waals surface area contributed by atoms with E-state index in [1.165, 1.54) is 19.3 Å². The standard InChI is InChI=1S/C10H19O/c1-3-9-11-10(2)7-5-4-6-8-10/h2-9H2,1H3. The van der Waals surface area contributed by atoms with Crippen molar-refractivity contribution in [2.45, 2.75) is 51.0 Å². The van der Waals surface area contributed by atoms with Crippen molar-refractivity contribution in [1.82, 2.24) is 0 Å². The van der Waals surface area contributed by atoms with Crippen molar-refractivity contribution < 1.29 is 4.74 Å². The topological polar surface area (TPSA) is 9.23 Å². The highest BCUT2D eigenvalue weighted by atomic mass is 16.5. The first-order chi connectivity index (χ1) is 5.27. The first-order valence-electron chi connectivity index (χ1n) is 4.76. The van der Waals surface area contributed by atoms with Gasteiger partial charge in [0.25, 0.3) is 0 Å². The minimum absolute atomic E-state index is 0.0196. The Labute approximate surface area is 70.1 Å². The zero-order valence-corrected chi connectivity index (χ0v) is 7.57. The molecular formula is C10H19O. The SMILES string of the molecule is [CH2]C1(OCCC)CCCCC1. The zero-order valence-electron chi connectivity index (χ0n) is 7.57. The lowest BCUT2D eigenvalue weighted by molar-refractivity contribution is -0.0354. The smallest absolute Gasteiger partial charge is 0.0683 e. The molecule has 0 aliphatic heterocycles. The van der Waals surface area contributed by atoms with Gasteiger partial charge in [-0.05, 0) is 26.2 Å². The van der Waals surface area contributed by atoms with E-state index in [4.69, 9.17) is 4.74 Å². The number of hydrogen-bond donors (Lipinski definition) is 0. The molecule has 0 amide bonds. The number of rotatable bonds is 3. The van der Waals surface area contributed by atoms with Gasteiger partial charge in [0.2, 0.25) is 0 Å². The molecule has 1 nitrogen and oxygen atoms in total. The van der Waals surface area contributed by atoms with Crippen molar-refractivity contribution in [2.75, 3.05) is 6.61 Å². The van der Waals surface area contributed by atoms with Crippen LogP contribution in [0.25, 0.3) is 0 Å². The molecule has 0 aromatic carbocycles. The zero-order chi connectivity index (χ0) is 8.16. The summed E-state index contributed by atoms with van der Waals surface area (Å²) in [5.41, 5.74) is -0.0196. The maximum atomic E-state index is 5.71. The average molecular weight is 155 g/mol. The van der Waals surface area contributed by atoms with Crippen LogP contribution in [0.15, 0.2) is 0 Å². The minimum atomic E-state index is -0.0196. The first-order valence-corrected chi connectivity index (χ1v) is 4.76. The summed E-state index contributed by atoms with van der Waals surface area (Å²) >= 11 is 0. The van der Waals surface area contributed by atoms with E-state index in [0.29, 0.717) is 0 Å². The van der Waals surface area contributed by atoms with E-state index >= 15 is 0 Å². The van der Waals surface area contributed by atoms with Gasteiger partial charge in [-0.3, -0.25) is 0 Å². The van der Waals surface area contributed by atoms with Crippen LogP contribution in [0.5, 0.6) is 0 Å². The normalized spacial score (nSPS) is 23.5. The quantitative estimate of drug-likeness (QED) is 0.609. The molecule has 0 spiro atoms. The molecule has 0 heterocycles. The Morgan fingerprint density at radius 2 is 1.91 bits per heavy atom. The summed E-state index contributed by atoms with van der Waals surface area (Å²) in [7, 11) is 0. The Morgan fingerprint density at radius 3 is 2.45 bits per heavy atom. The summed E-state index contributed by atoms with van der Waals surface area (Å²) < 4.78 is 5.71. The third-order valence-corrected chi connectivity index (χ3v) is 2.38. The van der Waals surface area contributed by atoms with Crippen molar-refractivity contribution in [3.05, 3.63) is 6.92 Å². The predicted octanol–water partition coefficient (Wildman–Crippen LogP) is 2.95. The second-order valence-electron chi connectivity index (χ2n) is 3.59. The van der Waals surface area contributed by atoms with Gasteiger partial charge in [0.15, 0.2) is 0 Å². The van der Waals surface area contributed by atoms with E-state index in [0.717, 1.165) is 25.9 Å². The Morgan fingerprint density at radius 1 is 1.27 bits per heavy atom. The van der Waals surface area contributed by atoms with Gasteiger partial charge < -0.3 is 4.74 Å². The first kappa shape index (κ1) is 9.05. The van der Waals surface area contributed by atoms with Crippen LogP contribution in [-0.2, 0) is 4.74 Å². The van der Waals surface area contributed by atoms with Crippen LogP contribution in [0.4, 0.5) is 0 Å². The molecule has 1 heteroatoms. The van der Waals surface area contributed by atoms with E-state index in [9.17, 15) is 0 Å². The van der Waals surface area contributed by atoms with Gasteiger partial charge in [-0.15, -0.1) is 0 Å². The predicted molar refractivity (Wildman–Crippen MR) is 47.4 cm³/mol. The van der Waals surface area contributed by atoms with Crippen LogP contribution in [0.2, 0.25) is 0 Å². The Hall–Kier alpha value is -0.0400. The second kappa shape index (κ2) is 4.10. The maximum absolute atomic E-state index is 5.71. The summed E-state index contributed by atoms with van der Waals surface area (Å²) in [6, 6.07) is 0. The van der Waals surface area contributed by atoms with Gasteiger partial charge in [0.1, 0.15) is 0 Å². The molecule has 1 fully saturated rings. The molecule has 0 unspecified atom stereocenters. The maximum Gasteiger partial charge on any atom is 0.0683 e. The Balaban J connectivity index is 2.25. The monoisotopic (exact) mass is 155 g/mol. The molecule has 0 aromatic rings.